The van der Waals surface area contributed by atoms with E-state index in [2.05, 4.69) is 36.9 Å². The number of hydrogen-bond acceptors (Lipinski definition) is 5. The van der Waals surface area contributed by atoms with E-state index >= 15 is 0 Å². The maximum absolute atomic E-state index is 5.32. The average molecular weight is 270 g/mol. The molecule has 0 N–H and O–H groups in total. The van der Waals surface area contributed by atoms with Gasteiger partial charge in [0.2, 0.25) is 0 Å². The van der Waals surface area contributed by atoms with Crippen molar-refractivity contribution in [3.8, 4) is 12.3 Å². The summed E-state index contributed by atoms with van der Waals surface area (Å²) in [5, 5.41) is 4.26. The Bertz CT molecular complexity index is 633. The molecule has 0 atom stereocenters. The molecule has 1 fully saturated rings. The molecule has 0 bridgehead atoms. The van der Waals surface area contributed by atoms with Crippen molar-refractivity contribution in [3.05, 3.63) is 18.1 Å². The number of nitrogens with zero attached hydrogens (tertiary/aromatic N) is 6. The minimum absolute atomic E-state index is 0.662. The fraction of sp³-hybridized carbons (Fsp3) is 0.500. The lowest BCUT2D eigenvalue weighted by molar-refractivity contribution is 0.263. The molecule has 0 aliphatic carbocycles. The van der Waals surface area contributed by atoms with Gasteiger partial charge in [-0.2, -0.15) is 14.6 Å². The zero-order valence-corrected chi connectivity index (χ0v) is 11.7. The van der Waals surface area contributed by atoms with Gasteiger partial charge >= 0.3 is 0 Å². The highest BCUT2D eigenvalue weighted by Crippen LogP contribution is 2.17. The lowest BCUT2D eigenvalue weighted by atomic mass is 10.3. The first-order valence-corrected chi connectivity index (χ1v) is 6.86. The van der Waals surface area contributed by atoms with Crippen LogP contribution in [0.3, 0.4) is 0 Å². The predicted octanol–water partition coefficient (Wildman–Crippen LogP) is 0.578. The molecule has 20 heavy (non-hydrogen) atoms. The van der Waals surface area contributed by atoms with Crippen molar-refractivity contribution < 1.29 is 0 Å². The Balaban J connectivity index is 1.77. The summed E-state index contributed by atoms with van der Waals surface area (Å²) in [4.78, 5) is 13.3. The zero-order valence-electron chi connectivity index (χ0n) is 11.7. The molecule has 1 aliphatic rings. The molecule has 6 heteroatoms. The number of rotatable bonds is 3. The summed E-state index contributed by atoms with van der Waals surface area (Å²) >= 11 is 0. The van der Waals surface area contributed by atoms with Gasteiger partial charge in [-0.15, -0.1) is 12.3 Å². The molecule has 0 amide bonds. The third-order valence-electron chi connectivity index (χ3n) is 3.63. The van der Waals surface area contributed by atoms with E-state index in [-0.39, 0.29) is 0 Å². The molecular weight excluding hydrogens is 252 g/mol. The second kappa shape index (κ2) is 5.47. The maximum Gasteiger partial charge on any atom is 0.254 e. The van der Waals surface area contributed by atoms with Crippen molar-refractivity contribution in [2.75, 3.05) is 37.6 Å². The summed E-state index contributed by atoms with van der Waals surface area (Å²) in [5.41, 5.74) is 0.968. The number of aromatic nitrogens is 4. The number of terminal acetylenes is 1. The lowest BCUT2D eigenvalue weighted by Crippen LogP contribution is -2.47. The van der Waals surface area contributed by atoms with Crippen molar-refractivity contribution in [2.45, 2.75) is 13.3 Å². The van der Waals surface area contributed by atoms with E-state index in [1.807, 2.05) is 11.4 Å². The molecule has 1 aliphatic heterocycles. The van der Waals surface area contributed by atoms with Crippen LogP contribution in [0.1, 0.15) is 12.1 Å². The molecule has 0 saturated carbocycles. The highest BCUT2D eigenvalue weighted by molar-refractivity contribution is 5.47. The normalized spacial score (nSPS) is 16.5. The molecule has 3 heterocycles. The topological polar surface area (TPSA) is 49.6 Å². The van der Waals surface area contributed by atoms with Crippen LogP contribution in [0.25, 0.3) is 5.78 Å². The number of anilines is 1. The molecular formula is C14H18N6. The van der Waals surface area contributed by atoms with Crippen LogP contribution in [0.4, 0.5) is 5.82 Å². The molecule has 2 aromatic heterocycles. The van der Waals surface area contributed by atoms with Crippen molar-refractivity contribution in [2.24, 2.45) is 0 Å². The standard InChI is InChI=1S/C14H18N6/c1-3-4-5-18-6-8-19(9-7-18)13-10-12(2)17-14-15-11-16-20(13)14/h1,10-11H,4-9H2,2H3. The number of hydrogen-bond donors (Lipinski definition) is 0. The van der Waals surface area contributed by atoms with Gasteiger partial charge in [-0.05, 0) is 6.92 Å². The summed E-state index contributed by atoms with van der Waals surface area (Å²) in [7, 11) is 0. The largest absolute Gasteiger partial charge is 0.354 e. The SMILES string of the molecule is C#CCCN1CCN(c2cc(C)nc3ncnn23)CC1. The first kappa shape index (κ1) is 12.9. The number of fused-ring (bicyclic) bond motifs is 1. The van der Waals surface area contributed by atoms with Gasteiger partial charge in [-0.25, -0.2) is 4.98 Å². The van der Waals surface area contributed by atoms with Crippen molar-refractivity contribution in [3.63, 3.8) is 0 Å². The summed E-state index contributed by atoms with van der Waals surface area (Å²) in [6.45, 7) is 6.98. The van der Waals surface area contributed by atoms with Crippen LogP contribution < -0.4 is 4.90 Å². The fourth-order valence-electron chi connectivity index (χ4n) is 2.56. The second-order valence-electron chi connectivity index (χ2n) is 5.01. The molecule has 0 radical (unpaired) electrons. The van der Waals surface area contributed by atoms with Crippen LogP contribution in [-0.2, 0) is 0 Å². The first-order chi connectivity index (χ1) is 9.78. The summed E-state index contributed by atoms with van der Waals surface area (Å²) < 4.78 is 1.81. The van der Waals surface area contributed by atoms with Crippen LogP contribution in [0.5, 0.6) is 0 Å². The predicted molar refractivity (Wildman–Crippen MR) is 77.6 cm³/mol. The van der Waals surface area contributed by atoms with Crippen LogP contribution in [0.15, 0.2) is 12.4 Å². The average Bonchev–Trinajstić information content (AvgIpc) is 2.93. The zero-order chi connectivity index (χ0) is 13.9. The molecule has 1 saturated heterocycles. The third-order valence-corrected chi connectivity index (χ3v) is 3.63. The van der Waals surface area contributed by atoms with E-state index in [1.165, 1.54) is 0 Å². The maximum atomic E-state index is 5.32. The third kappa shape index (κ3) is 2.45. The highest BCUT2D eigenvalue weighted by Gasteiger charge is 2.19. The van der Waals surface area contributed by atoms with Crippen LogP contribution in [-0.4, -0.2) is 57.2 Å². The molecule has 0 unspecified atom stereocenters. The molecule has 0 spiro atoms. The Morgan fingerprint density at radius 3 is 2.85 bits per heavy atom. The Morgan fingerprint density at radius 1 is 1.30 bits per heavy atom. The smallest absolute Gasteiger partial charge is 0.254 e. The lowest BCUT2D eigenvalue weighted by Gasteiger charge is -2.35. The number of aryl methyl sites for hydroxylation is 1. The van der Waals surface area contributed by atoms with Crippen LogP contribution >= 0.6 is 0 Å². The minimum atomic E-state index is 0.662. The summed E-state index contributed by atoms with van der Waals surface area (Å²) in [5.74, 6) is 4.43. The van der Waals surface area contributed by atoms with Gasteiger partial charge in [-0.1, -0.05) is 0 Å². The fourth-order valence-corrected chi connectivity index (χ4v) is 2.56. The molecule has 0 aromatic carbocycles. The molecule has 2 aromatic rings. The Kier molecular flexibility index (Phi) is 3.52. The second-order valence-corrected chi connectivity index (χ2v) is 5.01. The van der Waals surface area contributed by atoms with Crippen molar-refractivity contribution >= 4 is 11.6 Å². The molecule has 104 valence electrons. The van der Waals surface area contributed by atoms with Crippen LogP contribution in [0.2, 0.25) is 0 Å². The Hall–Kier alpha value is -2.13. The van der Waals surface area contributed by atoms with E-state index in [0.29, 0.717) is 5.78 Å². The van der Waals surface area contributed by atoms with Crippen LogP contribution in [0, 0.1) is 19.3 Å². The van der Waals surface area contributed by atoms with Gasteiger partial charge < -0.3 is 4.90 Å². The highest BCUT2D eigenvalue weighted by atomic mass is 15.4. The first-order valence-electron chi connectivity index (χ1n) is 6.86. The van der Waals surface area contributed by atoms with Gasteiger partial charge in [0.25, 0.3) is 5.78 Å². The monoisotopic (exact) mass is 270 g/mol. The molecule has 3 rings (SSSR count). The van der Waals surface area contributed by atoms with E-state index in [4.69, 9.17) is 6.42 Å². The van der Waals surface area contributed by atoms with Gasteiger partial charge in [0.15, 0.2) is 0 Å². The van der Waals surface area contributed by atoms with Crippen molar-refractivity contribution in [1.82, 2.24) is 24.5 Å². The van der Waals surface area contributed by atoms with E-state index < -0.39 is 0 Å². The number of piperazine rings is 1. The Morgan fingerprint density at radius 2 is 2.10 bits per heavy atom. The summed E-state index contributed by atoms with van der Waals surface area (Å²) in [6.07, 6.45) is 7.69. The quantitative estimate of drug-likeness (QED) is 0.764. The minimum Gasteiger partial charge on any atom is -0.354 e. The van der Waals surface area contributed by atoms with Gasteiger partial charge in [0.05, 0.1) is 0 Å². The summed E-state index contributed by atoms with van der Waals surface area (Å²) in [6, 6.07) is 2.07. The van der Waals surface area contributed by atoms with Gasteiger partial charge in [0, 0.05) is 50.9 Å². The van der Waals surface area contributed by atoms with E-state index in [1.54, 1.807) is 6.33 Å². The van der Waals surface area contributed by atoms with Gasteiger partial charge in [-0.3, -0.25) is 4.90 Å². The van der Waals surface area contributed by atoms with Gasteiger partial charge in [0.1, 0.15) is 12.1 Å². The van der Waals surface area contributed by atoms with E-state index in [0.717, 1.165) is 50.7 Å². The van der Waals surface area contributed by atoms with Crippen molar-refractivity contribution in [1.29, 1.82) is 0 Å². The van der Waals surface area contributed by atoms with E-state index in [9.17, 15) is 0 Å². The molecule has 6 nitrogen and oxygen atoms in total. The Labute approximate surface area is 118 Å².